The van der Waals surface area contributed by atoms with Crippen molar-refractivity contribution in [2.24, 2.45) is 5.73 Å². The minimum Gasteiger partial charge on any atom is -0.454 e. The summed E-state index contributed by atoms with van der Waals surface area (Å²) in [6.07, 6.45) is 0. The molecule has 5 nitrogen and oxygen atoms in total. The average Bonchev–Trinajstić information content (AvgIpc) is 2.59. The second-order valence-corrected chi connectivity index (χ2v) is 6.75. The molecule has 0 radical (unpaired) electrons. The Balaban J connectivity index is 2.34. The molecule has 17 heavy (non-hydrogen) atoms. The topological polar surface area (TPSA) is 78.6 Å². The Morgan fingerprint density at radius 3 is 2.59 bits per heavy atom. The van der Waals surface area contributed by atoms with Crippen LogP contribution < -0.4 is 15.2 Å². The summed E-state index contributed by atoms with van der Waals surface area (Å²) in [6, 6.07) is 4.58. The zero-order chi connectivity index (χ0) is 12.7. The minimum absolute atomic E-state index is 0.111. The van der Waals surface area contributed by atoms with Crippen LogP contribution in [-0.4, -0.2) is 26.5 Å². The van der Waals surface area contributed by atoms with E-state index in [1.165, 1.54) is 12.1 Å². The van der Waals surface area contributed by atoms with E-state index in [0.717, 1.165) is 0 Å². The van der Waals surface area contributed by atoms with Gasteiger partial charge in [0.15, 0.2) is 21.3 Å². The summed E-state index contributed by atoms with van der Waals surface area (Å²) in [6.45, 7) is 3.48. The van der Waals surface area contributed by atoms with Gasteiger partial charge in [-0.1, -0.05) is 0 Å². The van der Waals surface area contributed by atoms with E-state index in [2.05, 4.69) is 0 Å². The summed E-state index contributed by atoms with van der Waals surface area (Å²) in [5.41, 5.74) is 4.97. The first-order valence-electron chi connectivity index (χ1n) is 5.19. The second kappa shape index (κ2) is 3.89. The van der Waals surface area contributed by atoms with Crippen LogP contribution in [0.2, 0.25) is 0 Å². The first-order valence-corrected chi connectivity index (χ1v) is 6.84. The van der Waals surface area contributed by atoms with Crippen LogP contribution in [0.25, 0.3) is 0 Å². The molecule has 0 bridgehead atoms. The molecule has 0 atom stereocenters. The van der Waals surface area contributed by atoms with Gasteiger partial charge < -0.3 is 15.2 Å². The molecule has 0 aliphatic carbocycles. The first kappa shape index (κ1) is 12.2. The quantitative estimate of drug-likeness (QED) is 0.871. The van der Waals surface area contributed by atoms with Gasteiger partial charge in [-0.2, -0.15) is 0 Å². The summed E-state index contributed by atoms with van der Waals surface area (Å²) < 4.78 is 34.4. The molecule has 0 fully saturated rings. The van der Waals surface area contributed by atoms with E-state index in [0.29, 0.717) is 11.5 Å². The van der Waals surface area contributed by atoms with Crippen molar-refractivity contribution < 1.29 is 17.9 Å². The van der Waals surface area contributed by atoms with Gasteiger partial charge in [0.1, 0.15) is 0 Å². The van der Waals surface area contributed by atoms with Crippen molar-refractivity contribution in [1.29, 1.82) is 0 Å². The van der Waals surface area contributed by atoms with Crippen LogP contribution in [0.15, 0.2) is 23.1 Å². The lowest BCUT2D eigenvalue weighted by Crippen LogP contribution is -2.39. The van der Waals surface area contributed by atoms with Crippen LogP contribution in [0.5, 0.6) is 11.5 Å². The van der Waals surface area contributed by atoms with Crippen LogP contribution >= 0.6 is 0 Å². The van der Waals surface area contributed by atoms with Crippen LogP contribution in [0.1, 0.15) is 13.8 Å². The monoisotopic (exact) mass is 257 g/mol. The standard InChI is InChI=1S/C11H15NO4S/c1-11(2,12)6-17(13,14)8-3-4-9-10(5-8)16-7-15-9/h3-5H,6-7,12H2,1-2H3. The number of hydrogen-bond donors (Lipinski definition) is 1. The summed E-state index contributed by atoms with van der Waals surface area (Å²) >= 11 is 0. The minimum atomic E-state index is -3.40. The van der Waals surface area contributed by atoms with Gasteiger partial charge in [-0.05, 0) is 26.0 Å². The van der Waals surface area contributed by atoms with Crippen molar-refractivity contribution in [2.45, 2.75) is 24.3 Å². The van der Waals surface area contributed by atoms with Crippen molar-refractivity contribution in [3.8, 4) is 11.5 Å². The third-order valence-electron chi connectivity index (χ3n) is 2.27. The zero-order valence-electron chi connectivity index (χ0n) is 9.76. The lowest BCUT2D eigenvalue weighted by atomic mass is 10.1. The van der Waals surface area contributed by atoms with Crippen molar-refractivity contribution in [3.05, 3.63) is 18.2 Å². The maximum absolute atomic E-state index is 12.1. The molecule has 0 saturated carbocycles. The normalized spacial score (nSPS) is 15.0. The van der Waals surface area contributed by atoms with E-state index in [4.69, 9.17) is 15.2 Å². The molecule has 2 N–H and O–H groups in total. The SMILES string of the molecule is CC(C)(N)CS(=O)(=O)c1ccc2c(c1)OCO2. The Kier molecular flexibility index (Phi) is 2.79. The van der Waals surface area contributed by atoms with E-state index in [1.807, 2.05) is 0 Å². The summed E-state index contributed by atoms with van der Waals surface area (Å²) in [7, 11) is -3.40. The molecular formula is C11H15NO4S. The zero-order valence-corrected chi connectivity index (χ0v) is 10.6. The molecular weight excluding hydrogens is 242 g/mol. The van der Waals surface area contributed by atoms with Gasteiger partial charge in [0.05, 0.1) is 10.6 Å². The predicted molar refractivity (Wildman–Crippen MR) is 62.9 cm³/mol. The molecule has 2 rings (SSSR count). The third-order valence-corrected chi connectivity index (χ3v) is 4.36. The number of rotatable bonds is 3. The fourth-order valence-corrected chi connectivity index (χ4v) is 3.35. The Bertz CT molecular complexity index is 531. The fraction of sp³-hybridized carbons (Fsp3) is 0.455. The maximum Gasteiger partial charge on any atom is 0.231 e. The second-order valence-electron chi connectivity index (χ2n) is 4.76. The van der Waals surface area contributed by atoms with Crippen molar-refractivity contribution in [2.75, 3.05) is 12.5 Å². The number of ether oxygens (including phenoxy) is 2. The van der Waals surface area contributed by atoms with Gasteiger partial charge in [-0.25, -0.2) is 8.42 Å². The number of nitrogens with two attached hydrogens (primary N) is 1. The van der Waals surface area contributed by atoms with Gasteiger partial charge in [-0.3, -0.25) is 0 Å². The Hall–Kier alpha value is -1.27. The third kappa shape index (κ3) is 2.70. The van der Waals surface area contributed by atoms with Crippen molar-refractivity contribution in [3.63, 3.8) is 0 Å². The van der Waals surface area contributed by atoms with E-state index in [1.54, 1.807) is 19.9 Å². The van der Waals surface area contributed by atoms with E-state index in [9.17, 15) is 8.42 Å². The van der Waals surface area contributed by atoms with Crippen molar-refractivity contribution >= 4 is 9.84 Å². The highest BCUT2D eigenvalue weighted by atomic mass is 32.2. The molecule has 0 spiro atoms. The summed E-state index contributed by atoms with van der Waals surface area (Å²) in [5.74, 6) is 0.913. The first-order chi connectivity index (χ1) is 7.78. The molecule has 1 aliphatic heterocycles. The Morgan fingerprint density at radius 2 is 1.94 bits per heavy atom. The predicted octanol–water partition coefficient (Wildman–Crippen LogP) is 0.926. The van der Waals surface area contributed by atoms with Crippen LogP contribution in [0.3, 0.4) is 0 Å². The molecule has 1 aromatic rings. The molecule has 6 heteroatoms. The molecule has 1 aromatic carbocycles. The number of hydrogen-bond acceptors (Lipinski definition) is 5. The van der Waals surface area contributed by atoms with Crippen molar-refractivity contribution in [1.82, 2.24) is 0 Å². The molecule has 1 aliphatic rings. The number of fused-ring (bicyclic) bond motifs is 1. The molecule has 0 aromatic heterocycles. The molecule has 1 heterocycles. The number of sulfone groups is 1. The van der Waals surface area contributed by atoms with Crippen LogP contribution in [-0.2, 0) is 9.84 Å². The van der Waals surface area contributed by atoms with Gasteiger partial charge in [-0.15, -0.1) is 0 Å². The molecule has 94 valence electrons. The largest absolute Gasteiger partial charge is 0.454 e. The van der Waals surface area contributed by atoms with E-state index < -0.39 is 15.4 Å². The fourth-order valence-electron chi connectivity index (χ4n) is 1.64. The highest BCUT2D eigenvalue weighted by Gasteiger charge is 2.26. The molecule has 0 amide bonds. The van der Waals surface area contributed by atoms with Gasteiger partial charge >= 0.3 is 0 Å². The maximum atomic E-state index is 12.1. The summed E-state index contributed by atoms with van der Waals surface area (Å²) in [5, 5.41) is 0. The summed E-state index contributed by atoms with van der Waals surface area (Å²) in [4.78, 5) is 0.209. The highest BCUT2D eigenvalue weighted by Crippen LogP contribution is 2.34. The van der Waals surface area contributed by atoms with Crippen LogP contribution in [0.4, 0.5) is 0 Å². The molecule has 0 saturated heterocycles. The number of benzene rings is 1. The van der Waals surface area contributed by atoms with Crippen LogP contribution in [0, 0.1) is 0 Å². The Morgan fingerprint density at radius 1 is 1.29 bits per heavy atom. The Labute approximate surface area is 100 Å². The lowest BCUT2D eigenvalue weighted by molar-refractivity contribution is 0.174. The average molecular weight is 257 g/mol. The molecule has 0 unspecified atom stereocenters. The lowest BCUT2D eigenvalue weighted by Gasteiger charge is -2.18. The van der Waals surface area contributed by atoms with Gasteiger partial charge in [0.25, 0.3) is 0 Å². The van der Waals surface area contributed by atoms with Gasteiger partial charge in [0, 0.05) is 11.6 Å². The van der Waals surface area contributed by atoms with Gasteiger partial charge in [0.2, 0.25) is 6.79 Å². The van der Waals surface area contributed by atoms with E-state index in [-0.39, 0.29) is 17.4 Å². The van der Waals surface area contributed by atoms with E-state index >= 15 is 0 Å². The highest BCUT2D eigenvalue weighted by molar-refractivity contribution is 7.91. The smallest absolute Gasteiger partial charge is 0.231 e.